The molecule has 14 heavy (non-hydrogen) atoms. The predicted molar refractivity (Wildman–Crippen MR) is 50.2 cm³/mol. The first-order valence-electron chi connectivity index (χ1n) is 4.40. The van der Waals surface area contributed by atoms with Crippen LogP contribution in [0.4, 0.5) is 10.1 Å². The van der Waals surface area contributed by atoms with Crippen LogP contribution >= 0.6 is 0 Å². The summed E-state index contributed by atoms with van der Waals surface area (Å²) in [5, 5.41) is 11.7. The molecule has 1 aromatic rings. The lowest BCUT2D eigenvalue weighted by molar-refractivity contribution is -0.140. The fourth-order valence-electron chi connectivity index (χ4n) is 1.74. The Labute approximate surface area is 80.6 Å². The van der Waals surface area contributed by atoms with Gasteiger partial charge in [0.05, 0.1) is 0 Å². The third kappa shape index (κ3) is 1.32. The zero-order chi connectivity index (χ0) is 10.1. The number of alkyl halides is 1. The highest BCUT2D eigenvalue weighted by atomic mass is 19.1. The Kier molecular flexibility index (Phi) is 2.11. The van der Waals surface area contributed by atoms with Gasteiger partial charge >= 0.3 is 5.97 Å². The Bertz CT molecular complexity index is 367. The topological polar surface area (TPSA) is 49.3 Å². The highest BCUT2D eigenvalue weighted by molar-refractivity contribution is 5.81. The average molecular weight is 195 g/mol. The van der Waals surface area contributed by atoms with Crippen molar-refractivity contribution in [3.63, 3.8) is 0 Å². The van der Waals surface area contributed by atoms with E-state index in [2.05, 4.69) is 5.32 Å². The SMILES string of the molecule is O=C(O)C1c2ccccc2NCC1F. The summed E-state index contributed by atoms with van der Waals surface area (Å²) in [4.78, 5) is 10.9. The van der Waals surface area contributed by atoms with Gasteiger partial charge in [0.25, 0.3) is 0 Å². The van der Waals surface area contributed by atoms with Crippen LogP contribution in [0.3, 0.4) is 0 Å². The molecular weight excluding hydrogens is 185 g/mol. The van der Waals surface area contributed by atoms with Gasteiger partial charge in [0, 0.05) is 12.2 Å². The van der Waals surface area contributed by atoms with Gasteiger partial charge in [0.15, 0.2) is 0 Å². The predicted octanol–water partition coefficient (Wildman–Crippen LogP) is 1.62. The minimum absolute atomic E-state index is 0.0635. The van der Waals surface area contributed by atoms with Crippen LogP contribution in [0.2, 0.25) is 0 Å². The highest BCUT2D eigenvalue weighted by Crippen LogP contribution is 2.33. The molecule has 0 aromatic heterocycles. The Balaban J connectivity index is 2.46. The first kappa shape index (κ1) is 8.99. The van der Waals surface area contributed by atoms with Crippen molar-refractivity contribution in [2.45, 2.75) is 12.1 Å². The van der Waals surface area contributed by atoms with Crippen molar-refractivity contribution < 1.29 is 14.3 Å². The third-order valence-electron chi connectivity index (χ3n) is 2.41. The average Bonchev–Trinajstić information content (AvgIpc) is 2.17. The van der Waals surface area contributed by atoms with Crippen LogP contribution in [0, 0.1) is 0 Å². The molecule has 3 nitrogen and oxygen atoms in total. The molecule has 2 unspecified atom stereocenters. The van der Waals surface area contributed by atoms with E-state index in [0.29, 0.717) is 11.3 Å². The summed E-state index contributed by atoms with van der Waals surface area (Å²) in [5.41, 5.74) is 1.24. The molecule has 2 rings (SSSR count). The van der Waals surface area contributed by atoms with Gasteiger partial charge in [-0.25, -0.2) is 4.39 Å². The van der Waals surface area contributed by atoms with Crippen molar-refractivity contribution in [1.82, 2.24) is 0 Å². The Morgan fingerprint density at radius 1 is 1.50 bits per heavy atom. The molecule has 0 saturated heterocycles. The van der Waals surface area contributed by atoms with Crippen molar-refractivity contribution in [3.8, 4) is 0 Å². The molecule has 0 amide bonds. The van der Waals surface area contributed by atoms with Gasteiger partial charge in [-0.15, -0.1) is 0 Å². The zero-order valence-corrected chi connectivity index (χ0v) is 7.40. The Morgan fingerprint density at radius 3 is 2.93 bits per heavy atom. The molecule has 74 valence electrons. The van der Waals surface area contributed by atoms with Crippen LogP contribution in [0.5, 0.6) is 0 Å². The third-order valence-corrected chi connectivity index (χ3v) is 2.41. The van der Waals surface area contributed by atoms with E-state index in [0.717, 1.165) is 0 Å². The van der Waals surface area contributed by atoms with Gasteiger partial charge in [0.2, 0.25) is 0 Å². The number of aliphatic carboxylic acids is 1. The van der Waals surface area contributed by atoms with E-state index in [1.54, 1.807) is 24.3 Å². The fraction of sp³-hybridized carbons (Fsp3) is 0.300. The molecule has 0 spiro atoms. The molecule has 1 aliphatic heterocycles. The molecule has 0 aliphatic carbocycles. The van der Waals surface area contributed by atoms with Gasteiger partial charge in [-0.3, -0.25) is 4.79 Å². The maximum absolute atomic E-state index is 13.3. The number of hydrogen-bond donors (Lipinski definition) is 2. The maximum Gasteiger partial charge on any atom is 0.314 e. The smallest absolute Gasteiger partial charge is 0.314 e. The van der Waals surface area contributed by atoms with Crippen molar-refractivity contribution in [2.24, 2.45) is 0 Å². The Morgan fingerprint density at radius 2 is 2.21 bits per heavy atom. The summed E-state index contributed by atoms with van der Waals surface area (Å²) in [6.07, 6.45) is -1.36. The molecule has 1 aliphatic rings. The van der Waals surface area contributed by atoms with Gasteiger partial charge in [-0.2, -0.15) is 0 Å². The summed E-state index contributed by atoms with van der Waals surface area (Å²) < 4.78 is 13.3. The lowest BCUT2D eigenvalue weighted by Crippen LogP contribution is -2.33. The number of anilines is 1. The van der Waals surface area contributed by atoms with Crippen LogP contribution in [-0.2, 0) is 4.79 Å². The van der Waals surface area contributed by atoms with Gasteiger partial charge in [-0.1, -0.05) is 18.2 Å². The number of carboxylic acids is 1. The van der Waals surface area contributed by atoms with Crippen LogP contribution < -0.4 is 5.32 Å². The minimum Gasteiger partial charge on any atom is -0.481 e. The fourth-order valence-corrected chi connectivity index (χ4v) is 1.74. The molecular formula is C10H10FNO2. The summed E-state index contributed by atoms with van der Waals surface area (Å²) in [6.45, 7) is 0.0635. The van der Waals surface area contributed by atoms with Gasteiger partial charge < -0.3 is 10.4 Å². The van der Waals surface area contributed by atoms with Gasteiger partial charge in [-0.05, 0) is 11.6 Å². The zero-order valence-electron chi connectivity index (χ0n) is 7.40. The normalized spacial score (nSPS) is 24.9. The van der Waals surface area contributed by atoms with Crippen LogP contribution in [0.25, 0.3) is 0 Å². The summed E-state index contributed by atoms with van der Waals surface area (Å²) >= 11 is 0. The molecule has 2 atom stereocenters. The molecule has 0 bridgehead atoms. The highest BCUT2D eigenvalue weighted by Gasteiger charge is 2.34. The second-order valence-electron chi connectivity index (χ2n) is 3.30. The van der Waals surface area contributed by atoms with Crippen LogP contribution in [0.1, 0.15) is 11.5 Å². The number of carboxylic acid groups (broad SMARTS) is 1. The number of nitrogens with one attached hydrogen (secondary N) is 1. The van der Waals surface area contributed by atoms with E-state index in [-0.39, 0.29) is 6.54 Å². The number of fused-ring (bicyclic) bond motifs is 1. The monoisotopic (exact) mass is 195 g/mol. The number of carbonyl (C=O) groups is 1. The number of hydrogen-bond acceptors (Lipinski definition) is 2. The number of halogens is 1. The van der Waals surface area contributed by atoms with Crippen LogP contribution in [-0.4, -0.2) is 23.8 Å². The molecule has 0 radical (unpaired) electrons. The number of benzene rings is 1. The van der Waals surface area contributed by atoms with E-state index in [1.807, 2.05) is 0 Å². The van der Waals surface area contributed by atoms with E-state index in [9.17, 15) is 9.18 Å². The molecule has 4 heteroatoms. The standard InChI is InChI=1S/C10H10FNO2/c11-7-5-12-8-4-2-1-3-6(8)9(7)10(13)14/h1-4,7,9,12H,5H2,(H,13,14). The molecule has 0 fully saturated rings. The second-order valence-corrected chi connectivity index (χ2v) is 3.30. The second kappa shape index (κ2) is 3.29. The summed E-state index contributed by atoms with van der Waals surface area (Å²) in [6, 6.07) is 6.92. The van der Waals surface area contributed by atoms with Crippen molar-refractivity contribution in [1.29, 1.82) is 0 Å². The quantitative estimate of drug-likeness (QED) is 0.715. The van der Waals surface area contributed by atoms with E-state index >= 15 is 0 Å². The maximum atomic E-state index is 13.3. The van der Waals surface area contributed by atoms with Crippen molar-refractivity contribution in [2.75, 3.05) is 11.9 Å². The Hall–Kier alpha value is -1.58. The van der Waals surface area contributed by atoms with Gasteiger partial charge in [0.1, 0.15) is 12.1 Å². The number of para-hydroxylation sites is 1. The van der Waals surface area contributed by atoms with E-state index in [1.165, 1.54) is 0 Å². The lowest BCUT2D eigenvalue weighted by atomic mass is 9.90. The van der Waals surface area contributed by atoms with Crippen LogP contribution in [0.15, 0.2) is 24.3 Å². The first-order valence-corrected chi connectivity index (χ1v) is 4.40. The summed E-state index contributed by atoms with van der Waals surface area (Å²) in [7, 11) is 0. The van der Waals surface area contributed by atoms with Crippen molar-refractivity contribution >= 4 is 11.7 Å². The lowest BCUT2D eigenvalue weighted by Gasteiger charge is -2.26. The van der Waals surface area contributed by atoms with E-state index in [4.69, 9.17) is 5.11 Å². The number of rotatable bonds is 1. The van der Waals surface area contributed by atoms with E-state index < -0.39 is 18.1 Å². The first-order chi connectivity index (χ1) is 6.70. The molecule has 1 aromatic carbocycles. The summed E-state index contributed by atoms with van der Waals surface area (Å²) in [5.74, 6) is -2.14. The molecule has 0 saturated carbocycles. The minimum atomic E-state index is -1.36. The largest absolute Gasteiger partial charge is 0.481 e. The molecule has 1 heterocycles. The van der Waals surface area contributed by atoms with Crippen molar-refractivity contribution in [3.05, 3.63) is 29.8 Å². The molecule has 2 N–H and O–H groups in total.